The third-order valence-corrected chi connectivity index (χ3v) is 3.22. The second kappa shape index (κ2) is 3.95. The fraction of sp³-hybridized carbons (Fsp3) is 0.857. The number of hydrogen-bond donors (Lipinski definition) is 2. The number of ether oxygens (including phenoxy) is 1. The summed E-state index contributed by atoms with van der Waals surface area (Å²) in [5.41, 5.74) is -1.01. The Kier molecular flexibility index (Phi) is 3.22. The van der Waals surface area contributed by atoms with E-state index in [0.717, 1.165) is 4.31 Å². The molecule has 0 unspecified atom stereocenters. The van der Waals surface area contributed by atoms with Crippen molar-refractivity contribution in [3.8, 4) is 0 Å². The molecule has 0 aromatic rings. The monoisotopic (exact) mass is 238 g/mol. The topological polar surface area (TPSA) is 95.9 Å². The molecule has 0 spiro atoms. The van der Waals surface area contributed by atoms with E-state index in [2.05, 4.69) is 4.74 Å². The minimum atomic E-state index is -3.87. The number of nitrogens with zero attached hydrogens (tertiary/aromatic N) is 1. The van der Waals surface area contributed by atoms with Gasteiger partial charge < -0.3 is 9.84 Å². The van der Waals surface area contributed by atoms with Crippen LogP contribution >= 0.6 is 0 Å². The molecule has 0 aliphatic carbocycles. The van der Waals surface area contributed by atoms with Crippen LogP contribution in [-0.2, 0) is 14.9 Å². The molecule has 1 aliphatic rings. The first-order chi connectivity index (χ1) is 6.77. The Hall–Kier alpha value is -0.860. The number of carbonyl (C=O) groups is 1. The molecule has 1 amide bonds. The van der Waals surface area contributed by atoms with Crippen LogP contribution in [0.15, 0.2) is 0 Å². The van der Waals surface area contributed by atoms with Gasteiger partial charge in [-0.2, -0.15) is 12.7 Å². The first-order valence-corrected chi connectivity index (χ1v) is 5.88. The Morgan fingerprint density at radius 3 is 2.53 bits per heavy atom. The highest BCUT2D eigenvalue weighted by Gasteiger charge is 2.44. The summed E-state index contributed by atoms with van der Waals surface area (Å²) in [6.45, 7) is 3.13. The van der Waals surface area contributed by atoms with Crippen LogP contribution in [0, 0.1) is 0 Å². The molecular weight excluding hydrogens is 224 g/mol. The molecule has 15 heavy (non-hydrogen) atoms. The van der Waals surface area contributed by atoms with Crippen molar-refractivity contribution in [2.75, 3.05) is 19.7 Å². The van der Waals surface area contributed by atoms with Gasteiger partial charge in [-0.1, -0.05) is 0 Å². The molecule has 1 rings (SSSR count). The van der Waals surface area contributed by atoms with E-state index in [4.69, 9.17) is 0 Å². The lowest BCUT2D eigenvalue weighted by atomic mass is 10.0. The second-order valence-electron chi connectivity index (χ2n) is 3.59. The molecule has 0 atom stereocenters. The van der Waals surface area contributed by atoms with Crippen molar-refractivity contribution in [1.29, 1.82) is 0 Å². The first kappa shape index (κ1) is 12.2. The van der Waals surface area contributed by atoms with Crippen LogP contribution in [0.25, 0.3) is 0 Å². The predicted molar refractivity (Wildman–Crippen MR) is 51.3 cm³/mol. The molecule has 0 aromatic carbocycles. The van der Waals surface area contributed by atoms with Gasteiger partial charge in [-0.05, 0) is 13.8 Å². The van der Waals surface area contributed by atoms with E-state index in [1.165, 1.54) is 6.92 Å². The zero-order valence-corrected chi connectivity index (χ0v) is 9.37. The third kappa shape index (κ3) is 3.05. The largest absolute Gasteiger partial charge is 0.449 e. The quantitative estimate of drug-likeness (QED) is 0.660. The highest BCUT2D eigenvalue weighted by atomic mass is 32.2. The fourth-order valence-electron chi connectivity index (χ4n) is 1.21. The van der Waals surface area contributed by atoms with Gasteiger partial charge in [0.25, 0.3) is 0 Å². The van der Waals surface area contributed by atoms with Crippen molar-refractivity contribution in [2.24, 2.45) is 0 Å². The van der Waals surface area contributed by atoms with Gasteiger partial charge in [0.1, 0.15) is 0 Å². The van der Waals surface area contributed by atoms with Gasteiger partial charge in [0.2, 0.25) is 0 Å². The Balaban J connectivity index is 2.51. The average Bonchev–Trinajstić information content (AvgIpc) is 1.99. The van der Waals surface area contributed by atoms with E-state index < -0.39 is 21.9 Å². The Morgan fingerprint density at radius 2 is 2.13 bits per heavy atom. The summed E-state index contributed by atoms with van der Waals surface area (Å²) < 4.78 is 29.9. The van der Waals surface area contributed by atoms with Gasteiger partial charge in [-0.3, -0.25) is 0 Å². The maximum absolute atomic E-state index is 11.4. The SMILES string of the molecule is CCOC(=O)NS(=O)(=O)N1CC(C)(O)C1. The summed E-state index contributed by atoms with van der Waals surface area (Å²) in [5, 5.41) is 9.33. The second-order valence-corrected chi connectivity index (χ2v) is 5.26. The molecule has 0 aromatic heterocycles. The maximum Gasteiger partial charge on any atom is 0.421 e. The summed E-state index contributed by atoms with van der Waals surface area (Å²) in [7, 11) is -3.87. The number of rotatable bonds is 3. The molecule has 1 saturated heterocycles. The van der Waals surface area contributed by atoms with Gasteiger partial charge in [0.15, 0.2) is 0 Å². The number of carbonyl (C=O) groups excluding carboxylic acids is 1. The van der Waals surface area contributed by atoms with Gasteiger partial charge in [-0.25, -0.2) is 9.52 Å². The minimum Gasteiger partial charge on any atom is -0.449 e. The summed E-state index contributed by atoms with van der Waals surface area (Å²) in [5.74, 6) is 0. The minimum absolute atomic E-state index is 0.0261. The molecule has 2 N–H and O–H groups in total. The van der Waals surface area contributed by atoms with Gasteiger partial charge in [0, 0.05) is 13.1 Å². The van der Waals surface area contributed by atoms with Crippen LogP contribution in [0.2, 0.25) is 0 Å². The van der Waals surface area contributed by atoms with Crippen molar-refractivity contribution in [1.82, 2.24) is 9.03 Å². The van der Waals surface area contributed by atoms with E-state index in [1.807, 2.05) is 0 Å². The Bertz CT molecular complexity index is 342. The van der Waals surface area contributed by atoms with E-state index in [1.54, 1.807) is 11.6 Å². The Labute approximate surface area is 88.2 Å². The van der Waals surface area contributed by atoms with Gasteiger partial charge >= 0.3 is 16.3 Å². The van der Waals surface area contributed by atoms with Crippen LogP contribution in [0.1, 0.15) is 13.8 Å². The molecule has 1 fully saturated rings. The van der Waals surface area contributed by atoms with Crippen molar-refractivity contribution in [3.05, 3.63) is 0 Å². The maximum atomic E-state index is 11.4. The van der Waals surface area contributed by atoms with Crippen molar-refractivity contribution in [2.45, 2.75) is 19.4 Å². The van der Waals surface area contributed by atoms with E-state index in [9.17, 15) is 18.3 Å². The van der Waals surface area contributed by atoms with Crippen LogP contribution < -0.4 is 4.72 Å². The highest BCUT2D eigenvalue weighted by Crippen LogP contribution is 2.22. The van der Waals surface area contributed by atoms with E-state index >= 15 is 0 Å². The number of aliphatic hydroxyl groups is 1. The van der Waals surface area contributed by atoms with Gasteiger partial charge in [0.05, 0.1) is 12.2 Å². The zero-order chi connectivity index (χ0) is 11.7. The number of hydrogen-bond acceptors (Lipinski definition) is 5. The molecule has 88 valence electrons. The van der Waals surface area contributed by atoms with Crippen LogP contribution in [0.3, 0.4) is 0 Å². The lowest BCUT2D eigenvalue weighted by Crippen LogP contribution is -2.64. The molecule has 1 heterocycles. The van der Waals surface area contributed by atoms with Crippen LogP contribution in [-0.4, -0.2) is 49.2 Å². The fourth-order valence-corrected chi connectivity index (χ4v) is 2.51. The molecule has 7 nitrogen and oxygen atoms in total. The summed E-state index contributed by atoms with van der Waals surface area (Å²) in [6.07, 6.45) is -1.01. The van der Waals surface area contributed by atoms with Crippen molar-refractivity contribution >= 4 is 16.3 Å². The number of amides is 1. The van der Waals surface area contributed by atoms with Crippen LogP contribution in [0.4, 0.5) is 4.79 Å². The predicted octanol–water partition coefficient (Wildman–Crippen LogP) is -0.956. The normalized spacial score (nSPS) is 20.5. The summed E-state index contributed by atoms with van der Waals surface area (Å²) in [4.78, 5) is 10.9. The molecule has 0 bridgehead atoms. The molecule has 0 saturated carbocycles. The molecule has 8 heteroatoms. The lowest BCUT2D eigenvalue weighted by molar-refractivity contribution is -0.0431. The Morgan fingerprint density at radius 1 is 1.60 bits per heavy atom. The third-order valence-electron chi connectivity index (χ3n) is 1.86. The van der Waals surface area contributed by atoms with E-state index in [-0.39, 0.29) is 19.7 Å². The summed E-state index contributed by atoms with van der Waals surface area (Å²) in [6, 6.07) is 0. The standard InChI is InChI=1S/C7H14N2O5S/c1-3-14-6(10)8-15(12,13)9-4-7(2,11)5-9/h11H,3-5H2,1-2H3,(H,8,10). The van der Waals surface area contributed by atoms with Crippen molar-refractivity contribution in [3.63, 3.8) is 0 Å². The molecular formula is C7H14N2O5S. The van der Waals surface area contributed by atoms with Crippen LogP contribution in [0.5, 0.6) is 0 Å². The zero-order valence-electron chi connectivity index (χ0n) is 8.56. The molecule has 0 radical (unpaired) electrons. The van der Waals surface area contributed by atoms with Gasteiger partial charge in [-0.15, -0.1) is 0 Å². The summed E-state index contributed by atoms with van der Waals surface area (Å²) >= 11 is 0. The average molecular weight is 238 g/mol. The van der Waals surface area contributed by atoms with E-state index in [0.29, 0.717) is 0 Å². The lowest BCUT2D eigenvalue weighted by Gasteiger charge is -2.42. The number of nitrogens with one attached hydrogen (secondary N) is 1. The number of β-amino-alcohol motifs (C(OH)–C–C–N with tert-alkyl or cyclic N) is 1. The highest BCUT2D eigenvalue weighted by molar-refractivity contribution is 7.87. The molecule has 1 aliphatic heterocycles. The van der Waals surface area contributed by atoms with Crippen molar-refractivity contribution < 1.29 is 23.1 Å². The first-order valence-electron chi connectivity index (χ1n) is 4.44. The smallest absolute Gasteiger partial charge is 0.421 e.